The van der Waals surface area contributed by atoms with Gasteiger partial charge in [-0.2, -0.15) is 0 Å². The number of aliphatic hydroxyl groups is 1. The first-order valence-corrected chi connectivity index (χ1v) is 9.72. The molecule has 1 saturated heterocycles. The molecule has 132 valence electrons. The van der Waals surface area contributed by atoms with E-state index in [0.717, 1.165) is 21.2 Å². The third kappa shape index (κ3) is 4.54. The van der Waals surface area contributed by atoms with Crippen LogP contribution in [0.5, 0.6) is 0 Å². The van der Waals surface area contributed by atoms with Gasteiger partial charge >= 0.3 is 0 Å². The van der Waals surface area contributed by atoms with Crippen LogP contribution in [0.4, 0.5) is 0 Å². The standard InChI is InChI=1S/C19H21ClN2O2S/c1-13-4-2-6-16(20)18(13)25-12-14-5-3-7-17(21-14)19(24)22-10-8-15(23)9-11-22/h2-7,15,23H,8-12H2,1H3. The Morgan fingerprint density at radius 3 is 2.72 bits per heavy atom. The third-order valence-corrected chi connectivity index (χ3v) is 6.00. The number of rotatable bonds is 4. The number of likely N-dealkylation sites (tertiary alicyclic amines) is 1. The summed E-state index contributed by atoms with van der Waals surface area (Å²) in [6.07, 6.45) is 0.971. The van der Waals surface area contributed by atoms with E-state index in [1.165, 1.54) is 0 Å². The predicted molar refractivity (Wildman–Crippen MR) is 101 cm³/mol. The number of thioether (sulfide) groups is 1. The van der Waals surface area contributed by atoms with Crippen molar-refractivity contribution in [3.05, 3.63) is 58.4 Å². The molecule has 25 heavy (non-hydrogen) atoms. The maximum atomic E-state index is 12.6. The molecule has 2 heterocycles. The Kier molecular flexibility index (Phi) is 5.99. The summed E-state index contributed by atoms with van der Waals surface area (Å²) in [5.41, 5.74) is 2.45. The lowest BCUT2D eigenvalue weighted by Gasteiger charge is -2.29. The number of aryl methyl sites for hydroxylation is 1. The van der Waals surface area contributed by atoms with E-state index in [1.807, 2.05) is 37.3 Å². The molecule has 1 N–H and O–H groups in total. The van der Waals surface area contributed by atoms with Crippen LogP contribution in [0.1, 0.15) is 34.6 Å². The van der Waals surface area contributed by atoms with Gasteiger partial charge in [0.25, 0.3) is 5.91 Å². The average molecular weight is 377 g/mol. The number of carbonyl (C=O) groups is 1. The minimum atomic E-state index is -0.293. The van der Waals surface area contributed by atoms with Crippen LogP contribution in [0.2, 0.25) is 5.02 Å². The Labute approximate surface area is 157 Å². The van der Waals surface area contributed by atoms with Gasteiger partial charge in [0.05, 0.1) is 16.8 Å². The molecule has 1 aliphatic heterocycles. The summed E-state index contributed by atoms with van der Waals surface area (Å²) in [6, 6.07) is 11.4. The van der Waals surface area contributed by atoms with Gasteiger partial charge in [-0.15, -0.1) is 11.8 Å². The quantitative estimate of drug-likeness (QED) is 0.821. The lowest BCUT2D eigenvalue weighted by atomic mass is 10.1. The van der Waals surface area contributed by atoms with Crippen molar-refractivity contribution in [2.75, 3.05) is 13.1 Å². The molecule has 1 aromatic heterocycles. The van der Waals surface area contributed by atoms with Crippen LogP contribution in [0.15, 0.2) is 41.3 Å². The molecular formula is C19H21ClN2O2S. The van der Waals surface area contributed by atoms with Crippen molar-refractivity contribution >= 4 is 29.3 Å². The third-order valence-electron chi connectivity index (χ3n) is 4.31. The van der Waals surface area contributed by atoms with Gasteiger partial charge in [0, 0.05) is 23.7 Å². The maximum Gasteiger partial charge on any atom is 0.272 e. The van der Waals surface area contributed by atoms with E-state index in [2.05, 4.69) is 4.98 Å². The van der Waals surface area contributed by atoms with Crippen LogP contribution >= 0.6 is 23.4 Å². The maximum absolute atomic E-state index is 12.6. The molecule has 0 spiro atoms. The number of piperidine rings is 1. The summed E-state index contributed by atoms with van der Waals surface area (Å²) < 4.78 is 0. The Morgan fingerprint density at radius 2 is 2.00 bits per heavy atom. The molecule has 0 unspecified atom stereocenters. The van der Waals surface area contributed by atoms with Crippen LogP contribution in [0.25, 0.3) is 0 Å². The molecule has 6 heteroatoms. The predicted octanol–water partition coefficient (Wildman–Crippen LogP) is 3.93. The summed E-state index contributed by atoms with van der Waals surface area (Å²) in [5.74, 6) is 0.595. The monoisotopic (exact) mass is 376 g/mol. The highest BCUT2D eigenvalue weighted by atomic mass is 35.5. The largest absolute Gasteiger partial charge is 0.393 e. The fourth-order valence-electron chi connectivity index (χ4n) is 2.86. The number of nitrogens with zero attached hydrogens (tertiary/aromatic N) is 2. The number of amides is 1. The number of hydrogen-bond donors (Lipinski definition) is 1. The van der Waals surface area contributed by atoms with E-state index in [4.69, 9.17) is 11.6 Å². The molecule has 3 rings (SSSR count). The van der Waals surface area contributed by atoms with Gasteiger partial charge in [0.15, 0.2) is 0 Å². The molecule has 1 aromatic carbocycles. The number of halogens is 1. The van der Waals surface area contributed by atoms with Crippen LogP contribution in [-0.2, 0) is 5.75 Å². The highest BCUT2D eigenvalue weighted by Crippen LogP contribution is 2.32. The highest BCUT2D eigenvalue weighted by molar-refractivity contribution is 7.98. The van der Waals surface area contributed by atoms with Gasteiger partial charge in [-0.25, -0.2) is 4.98 Å². The first-order chi connectivity index (χ1) is 12.0. The van der Waals surface area contributed by atoms with Crippen molar-refractivity contribution in [1.29, 1.82) is 0 Å². The smallest absolute Gasteiger partial charge is 0.272 e. The molecule has 4 nitrogen and oxygen atoms in total. The molecule has 0 radical (unpaired) electrons. The van der Waals surface area contributed by atoms with Gasteiger partial charge in [-0.1, -0.05) is 29.8 Å². The second-order valence-corrected chi connectivity index (χ2v) is 7.60. The summed E-state index contributed by atoms with van der Waals surface area (Å²) >= 11 is 7.90. The van der Waals surface area contributed by atoms with E-state index < -0.39 is 0 Å². The normalized spacial score (nSPS) is 15.4. The highest BCUT2D eigenvalue weighted by Gasteiger charge is 2.23. The van der Waals surface area contributed by atoms with E-state index >= 15 is 0 Å². The summed E-state index contributed by atoms with van der Waals surface area (Å²) in [6.45, 7) is 3.20. The van der Waals surface area contributed by atoms with E-state index in [1.54, 1.807) is 22.7 Å². The van der Waals surface area contributed by atoms with Crippen molar-refractivity contribution in [3.63, 3.8) is 0 Å². The fraction of sp³-hybridized carbons (Fsp3) is 0.368. The number of hydrogen-bond acceptors (Lipinski definition) is 4. The second kappa shape index (κ2) is 8.21. The van der Waals surface area contributed by atoms with Gasteiger partial charge in [-0.05, 0) is 43.5 Å². The zero-order chi connectivity index (χ0) is 17.8. The van der Waals surface area contributed by atoms with Gasteiger partial charge in [0.2, 0.25) is 0 Å². The van der Waals surface area contributed by atoms with Crippen molar-refractivity contribution in [1.82, 2.24) is 9.88 Å². The van der Waals surface area contributed by atoms with Crippen molar-refractivity contribution < 1.29 is 9.90 Å². The number of aromatic nitrogens is 1. The SMILES string of the molecule is Cc1cccc(Cl)c1SCc1cccc(C(=O)N2CCC(O)CC2)n1. The second-order valence-electron chi connectivity index (χ2n) is 6.21. The molecule has 2 aromatic rings. The Balaban J connectivity index is 1.68. The minimum absolute atomic E-state index is 0.0623. The first kappa shape index (κ1) is 18.2. The number of benzene rings is 1. The van der Waals surface area contributed by atoms with E-state index in [-0.39, 0.29) is 12.0 Å². The first-order valence-electron chi connectivity index (χ1n) is 8.36. The fourth-order valence-corrected chi connectivity index (χ4v) is 4.20. The summed E-state index contributed by atoms with van der Waals surface area (Å²) in [4.78, 5) is 19.9. The van der Waals surface area contributed by atoms with Crippen LogP contribution in [-0.4, -0.2) is 40.1 Å². The molecule has 0 bridgehead atoms. The molecule has 1 aliphatic rings. The zero-order valence-electron chi connectivity index (χ0n) is 14.1. The Bertz CT molecular complexity index is 741. The number of carbonyl (C=O) groups excluding carboxylic acids is 1. The zero-order valence-corrected chi connectivity index (χ0v) is 15.7. The van der Waals surface area contributed by atoms with Gasteiger partial charge in [-0.3, -0.25) is 4.79 Å². The minimum Gasteiger partial charge on any atom is -0.393 e. The molecule has 0 atom stereocenters. The van der Waals surface area contributed by atoms with Crippen molar-refractivity contribution in [3.8, 4) is 0 Å². The van der Waals surface area contributed by atoms with E-state index in [9.17, 15) is 9.90 Å². The summed E-state index contributed by atoms with van der Waals surface area (Å²) in [7, 11) is 0. The van der Waals surface area contributed by atoms with Crippen LogP contribution in [0, 0.1) is 6.92 Å². The van der Waals surface area contributed by atoms with Crippen molar-refractivity contribution in [2.24, 2.45) is 0 Å². The average Bonchev–Trinajstić information content (AvgIpc) is 2.62. The van der Waals surface area contributed by atoms with Gasteiger partial charge < -0.3 is 10.0 Å². The molecule has 1 fully saturated rings. The Morgan fingerprint density at radius 1 is 1.28 bits per heavy atom. The molecule has 0 aliphatic carbocycles. The number of pyridine rings is 1. The number of aliphatic hydroxyl groups excluding tert-OH is 1. The van der Waals surface area contributed by atoms with Crippen LogP contribution in [0.3, 0.4) is 0 Å². The Hall–Kier alpha value is -1.56. The van der Waals surface area contributed by atoms with Crippen molar-refractivity contribution in [2.45, 2.75) is 36.5 Å². The molecule has 1 amide bonds. The van der Waals surface area contributed by atoms with Crippen LogP contribution < -0.4 is 0 Å². The lowest BCUT2D eigenvalue weighted by Crippen LogP contribution is -2.40. The topological polar surface area (TPSA) is 53.4 Å². The lowest BCUT2D eigenvalue weighted by molar-refractivity contribution is 0.0541. The summed E-state index contributed by atoms with van der Waals surface area (Å²) in [5, 5.41) is 10.3. The van der Waals surface area contributed by atoms with E-state index in [0.29, 0.717) is 37.4 Å². The molecular weight excluding hydrogens is 356 g/mol. The molecule has 0 saturated carbocycles. The van der Waals surface area contributed by atoms with Gasteiger partial charge in [0.1, 0.15) is 5.69 Å².